The largest absolute Gasteiger partial charge is 0.337 e. The van der Waals surface area contributed by atoms with Gasteiger partial charge in [0.15, 0.2) is 5.82 Å². The number of rotatable bonds is 4. The number of carbonyl (C=O) groups excluding carboxylic acids is 1. The third-order valence-corrected chi connectivity index (χ3v) is 2.94. The van der Waals surface area contributed by atoms with E-state index in [0.717, 1.165) is 11.3 Å². The summed E-state index contributed by atoms with van der Waals surface area (Å²) in [6.45, 7) is 2.33. The zero-order chi connectivity index (χ0) is 14.5. The summed E-state index contributed by atoms with van der Waals surface area (Å²) >= 11 is 0. The molecule has 2 rings (SSSR count). The van der Waals surface area contributed by atoms with Crippen LogP contribution in [-0.4, -0.2) is 22.4 Å². The van der Waals surface area contributed by atoms with Crippen molar-refractivity contribution in [2.24, 2.45) is 7.05 Å². The van der Waals surface area contributed by atoms with Gasteiger partial charge in [-0.1, -0.05) is 12.1 Å². The summed E-state index contributed by atoms with van der Waals surface area (Å²) < 4.78 is 14.7. The molecule has 1 aromatic carbocycles. The Morgan fingerprint density at radius 2 is 2.20 bits per heavy atom. The number of aromatic nitrogens is 2. The van der Waals surface area contributed by atoms with Gasteiger partial charge >= 0.3 is 6.03 Å². The van der Waals surface area contributed by atoms with Crippen LogP contribution in [0.4, 0.5) is 15.0 Å². The SMILES string of the molecule is Cc1cc(NC(=O)NCCc2cccc(F)c2)nn1C. The first-order chi connectivity index (χ1) is 9.54. The van der Waals surface area contributed by atoms with E-state index in [1.54, 1.807) is 16.8 Å². The Bertz CT molecular complexity index is 589. The van der Waals surface area contributed by atoms with Gasteiger partial charge in [0, 0.05) is 25.4 Å². The molecule has 0 spiro atoms. The molecule has 0 unspecified atom stereocenters. The molecule has 6 heteroatoms. The molecule has 0 radical (unpaired) electrons. The van der Waals surface area contributed by atoms with E-state index in [4.69, 9.17) is 0 Å². The molecular weight excluding hydrogens is 259 g/mol. The first-order valence-electron chi connectivity index (χ1n) is 6.34. The highest BCUT2D eigenvalue weighted by Gasteiger charge is 2.05. The second kappa shape index (κ2) is 6.18. The summed E-state index contributed by atoms with van der Waals surface area (Å²) in [5.41, 5.74) is 1.80. The fourth-order valence-corrected chi connectivity index (χ4v) is 1.80. The van der Waals surface area contributed by atoms with Gasteiger partial charge in [0.25, 0.3) is 0 Å². The third kappa shape index (κ3) is 3.81. The van der Waals surface area contributed by atoms with Crippen LogP contribution in [0.3, 0.4) is 0 Å². The van der Waals surface area contributed by atoms with Crippen LogP contribution in [0.2, 0.25) is 0 Å². The molecule has 1 heterocycles. The molecular formula is C14H17FN4O. The predicted octanol–water partition coefficient (Wildman–Crippen LogP) is 2.23. The van der Waals surface area contributed by atoms with Crippen LogP contribution in [0.1, 0.15) is 11.3 Å². The smallest absolute Gasteiger partial charge is 0.320 e. The average molecular weight is 276 g/mol. The summed E-state index contributed by atoms with van der Waals surface area (Å²) in [6.07, 6.45) is 0.576. The fourth-order valence-electron chi connectivity index (χ4n) is 1.80. The van der Waals surface area contributed by atoms with Crippen molar-refractivity contribution >= 4 is 11.8 Å². The van der Waals surface area contributed by atoms with Gasteiger partial charge in [-0.2, -0.15) is 5.10 Å². The Morgan fingerprint density at radius 3 is 2.85 bits per heavy atom. The lowest BCUT2D eigenvalue weighted by Gasteiger charge is -2.05. The standard InChI is InChI=1S/C14H17FN4O/c1-10-8-13(18-19(10)2)17-14(20)16-7-6-11-4-3-5-12(15)9-11/h3-5,8-9H,6-7H2,1-2H3,(H2,16,17,18,20). The monoisotopic (exact) mass is 276 g/mol. The number of halogens is 1. The lowest BCUT2D eigenvalue weighted by molar-refractivity contribution is 0.252. The van der Waals surface area contributed by atoms with Crippen molar-refractivity contribution in [3.63, 3.8) is 0 Å². The Morgan fingerprint density at radius 1 is 1.40 bits per heavy atom. The Hall–Kier alpha value is -2.37. The molecule has 2 aromatic rings. The summed E-state index contributed by atoms with van der Waals surface area (Å²) in [7, 11) is 1.81. The van der Waals surface area contributed by atoms with Crippen molar-refractivity contribution in [2.75, 3.05) is 11.9 Å². The minimum Gasteiger partial charge on any atom is -0.337 e. The van der Waals surface area contributed by atoms with Crippen molar-refractivity contribution in [1.82, 2.24) is 15.1 Å². The summed E-state index contributed by atoms with van der Waals surface area (Å²) in [4.78, 5) is 11.6. The van der Waals surface area contributed by atoms with Crippen LogP contribution in [-0.2, 0) is 13.5 Å². The van der Waals surface area contributed by atoms with Gasteiger partial charge in [-0.05, 0) is 31.0 Å². The first-order valence-corrected chi connectivity index (χ1v) is 6.34. The van der Waals surface area contributed by atoms with Crippen molar-refractivity contribution < 1.29 is 9.18 Å². The van der Waals surface area contributed by atoms with E-state index in [1.807, 2.05) is 20.0 Å². The van der Waals surface area contributed by atoms with E-state index in [0.29, 0.717) is 18.8 Å². The number of benzene rings is 1. The molecule has 0 fully saturated rings. The third-order valence-electron chi connectivity index (χ3n) is 2.94. The minimum atomic E-state index is -0.320. The normalized spacial score (nSPS) is 10.3. The molecule has 0 atom stereocenters. The van der Waals surface area contributed by atoms with E-state index in [9.17, 15) is 9.18 Å². The summed E-state index contributed by atoms with van der Waals surface area (Å²) in [6, 6.07) is 7.80. The molecule has 0 saturated heterocycles. The van der Waals surface area contributed by atoms with E-state index in [2.05, 4.69) is 15.7 Å². The maximum Gasteiger partial charge on any atom is 0.320 e. The number of urea groups is 1. The minimum absolute atomic E-state index is 0.268. The summed E-state index contributed by atoms with van der Waals surface area (Å²) in [5, 5.41) is 9.47. The van der Waals surface area contributed by atoms with Crippen LogP contribution >= 0.6 is 0 Å². The Labute approximate surface area is 116 Å². The highest BCUT2D eigenvalue weighted by atomic mass is 19.1. The molecule has 1 aromatic heterocycles. The molecule has 0 aliphatic heterocycles. The second-order valence-electron chi connectivity index (χ2n) is 4.56. The van der Waals surface area contributed by atoms with Gasteiger partial charge in [0.1, 0.15) is 5.82 Å². The second-order valence-corrected chi connectivity index (χ2v) is 4.56. The van der Waals surface area contributed by atoms with Gasteiger partial charge in [-0.3, -0.25) is 10.00 Å². The quantitative estimate of drug-likeness (QED) is 0.899. The van der Waals surface area contributed by atoms with Crippen LogP contribution in [0.15, 0.2) is 30.3 Å². The molecule has 0 aliphatic rings. The zero-order valence-electron chi connectivity index (χ0n) is 11.5. The predicted molar refractivity (Wildman–Crippen MR) is 75.1 cm³/mol. The van der Waals surface area contributed by atoms with E-state index < -0.39 is 0 Å². The van der Waals surface area contributed by atoms with Crippen LogP contribution in [0, 0.1) is 12.7 Å². The van der Waals surface area contributed by atoms with Crippen LogP contribution < -0.4 is 10.6 Å². The molecule has 20 heavy (non-hydrogen) atoms. The molecule has 0 saturated carbocycles. The number of hydrogen-bond acceptors (Lipinski definition) is 2. The van der Waals surface area contributed by atoms with Gasteiger partial charge in [-0.25, -0.2) is 9.18 Å². The number of anilines is 1. The Kier molecular flexibility index (Phi) is 4.34. The lowest BCUT2D eigenvalue weighted by atomic mass is 10.1. The molecule has 0 bridgehead atoms. The maximum absolute atomic E-state index is 13.0. The first kappa shape index (κ1) is 14.0. The fraction of sp³-hybridized carbons (Fsp3) is 0.286. The number of nitrogens with zero attached hydrogens (tertiary/aromatic N) is 2. The summed E-state index contributed by atoms with van der Waals surface area (Å²) in [5.74, 6) is 0.240. The number of nitrogens with one attached hydrogen (secondary N) is 2. The van der Waals surface area contributed by atoms with Crippen molar-refractivity contribution in [3.05, 3.63) is 47.4 Å². The average Bonchev–Trinajstić information content (AvgIpc) is 2.68. The zero-order valence-corrected chi connectivity index (χ0v) is 11.5. The number of aryl methyl sites for hydroxylation is 2. The van der Waals surface area contributed by atoms with Gasteiger partial charge in [0.05, 0.1) is 0 Å². The number of amides is 2. The van der Waals surface area contributed by atoms with Crippen molar-refractivity contribution in [1.29, 1.82) is 0 Å². The van der Waals surface area contributed by atoms with Crippen molar-refractivity contribution in [2.45, 2.75) is 13.3 Å². The van der Waals surface area contributed by atoms with E-state index >= 15 is 0 Å². The maximum atomic E-state index is 13.0. The van der Waals surface area contributed by atoms with Crippen LogP contribution in [0.5, 0.6) is 0 Å². The highest BCUT2D eigenvalue weighted by molar-refractivity contribution is 5.88. The molecule has 2 N–H and O–H groups in total. The van der Waals surface area contributed by atoms with Gasteiger partial charge in [-0.15, -0.1) is 0 Å². The van der Waals surface area contributed by atoms with Crippen LogP contribution in [0.25, 0.3) is 0 Å². The number of hydrogen-bond donors (Lipinski definition) is 2. The molecule has 106 valence electrons. The van der Waals surface area contributed by atoms with Gasteiger partial charge in [0.2, 0.25) is 0 Å². The van der Waals surface area contributed by atoms with E-state index in [1.165, 1.54) is 12.1 Å². The molecule has 5 nitrogen and oxygen atoms in total. The number of carbonyl (C=O) groups is 1. The lowest BCUT2D eigenvalue weighted by Crippen LogP contribution is -2.30. The topological polar surface area (TPSA) is 59.0 Å². The molecule has 2 amide bonds. The highest BCUT2D eigenvalue weighted by Crippen LogP contribution is 2.06. The van der Waals surface area contributed by atoms with Gasteiger partial charge < -0.3 is 5.32 Å². The van der Waals surface area contributed by atoms with E-state index in [-0.39, 0.29) is 11.8 Å². The molecule has 0 aliphatic carbocycles. The van der Waals surface area contributed by atoms with Crippen molar-refractivity contribution in [3.8, 4) is 0 Å². The Balaban J connectivity index is 1.78.